The molecule has 1 saturated heterocycles. The number of halogens is 1. The Morgan fingerprint density at radius 3 is 2.30 bits per heavy atom. The fourth-order valence-corrected chi connectivity index (χ4v) is 3.12. The summed E-state index contributed by atoms with van der Waals surface area (Å²) in [4.78, 5) is 14.8. The Labute approximate surface area is 145 Å². The molecule has 1 unspecified atom stereocenters. The van der Waals surface area contributed by atoms with Crippen LogP contribution in [0.2, 0.25) is 0 Å². The van der Waals surface area contributed by atoms with Gasteiger partial charge in [-0.1, -0.05) is 15.9 Å². The molecule has 0 radical (unpaired) electrons. The minimum atomic E-state index is 0.0274. The molecule has 1 aliphatic heterocycles. The molecule has 0 amide bonds. The molecule has 0 saturated carbocycles. The second-order valence-corrected chi connectivity index (χ2v) is 6.86. The number of carbonyl (C=O) groups is 1. The molecule has 1 fully saturated rings. The van der Waals surface area contributed by atoms with Crippen molar-refractivity contribution >= 4 is 21.7 Å². The molecule has 1 aliphatic rings. The first-order valence-corrected chi connectivity index (χ1v) is 8.66. The van der Waals surface area contributed by atoms with Gasteiger partial charge in [-0.2, -0.15) is 0 Å². The fourth-order valence-electron chi connectivity index (χ4n) is 2.85. The van der Waals surface area contributed by atoms with Crippen LogP contribution < -0.4 is 4.74 Å². The SMILES string of the molecule is CN1CCCC1COc1ccc(C(=O)c2ccc(Br)cc2)cc1. The van der Waals surface area contributed by atoms with Gasteiger partial charge in [-0.15, -0.1) is 0 Å². The van der Waals surface area contributed by atoms with E-state index in [0.717, 1.165) is 16.8 Å². The van der Waals surface area contributed by atoms with Crippen molar-refractivity contribution < 1.29 is 9.53 Å². The normalized spacial score (nSPS) is 18.1. The van der Waals surface area contributed by atoms with Crippen molar-refractivity contribution in [1.82, 2.24) is 4.90 Å². The highest BCUT2D eigenvalue weighted by Gasteiger charge is 2.21. The van der Waals surface area contributed by atoms with Crippen LogP contribution in [0.3, 0.4) is 0 Å². The van der Waals surface area contributed by atoms with E-state index in [-0.39, 0.29) is 5.78 Å². The lowest BCUT2D eigenvalue weighted by Gasteiger charge is -2.19. The molecule has 2 aromatic rings. The highest BCUT2D eigenvalue weighted by Crippen LogP contribution is 2.20. The zero-order valence-corrected chi connectivity index (χ0v) is 14.8. The summed E-state index contributed by atoms with van der Waals surface area (Å²) in [5.41, 5.74) is 1.37. The molecule has 0 N–H and O–H groups in total. The second-order valence-electron chi connectivity index (χ2n) is 5.95. The average molecular weight is 374 g/mol. The summed E-state index contributed by atoms with van der Waals surface area (Å²) < 4.78 is 6.82. The predicted octanol–water partition coefficient (Wildman–Crippen LogP) is 4.15. The van der Waals surface area contributed by atoms with Crippen LogP contribution in [0.15, 0.2) is 53.0 Å². The van der Waals surface area contributed by atoms with Crippen molar-refractivity contribution in [2.75, 3.05) is 20.2 Å². The first-order chi connectivity index (χ1) is 11.1. The number of benzene rings is 2. The molecule has 0 aliphatic carbocycles. The van der Waals surface area contributed by atoms with Crippen molar-refractivity contribution in [2.24, 2.45) is 0 Å². The van der Waals surface area contributed by atoms with E-state index in [1.807, 2.05) is 48.5 Å². The first-order valence-electron chi connectivity index (χ1n) is 7.87. The van der Waals surface area contributed by atoms with Crippen LogP contribution in [-0.2, 0) is 0 Å². The van der Waals surface area contributed by atoms with Crippen LogP contribution in [0, 0.1) is 0 Å². The Hall–Kier alpha value is -1.65. The number of ether oxygens (including phenoxy) is 1. The minimum Gasteiger partial charge on any atom is -0.492 e. The number of hydrogen-bond acceptors (Lipinski definition) is 3. The van der Waals surface area contributed by atoms with Crippen molar-refractivity contribution in [3.63, 3.8) is 0 Å². The Morgan fingerprint density at radius 2 is 1.74 bits per heavy atom. The molecule has 3 rings (SSSR count). The molecule has 4 heteroatoms. The molecular formula is C19H20BrNO2. The number of ketones is 1. The quantitative estimate of drug-likeness (QED) is 0.737. The lowest BCUT2D eigenvalue weighted by Crippen LogP contribution is -2.30. The van der Waals surface area contributed by atoms with Crippen LogP contribution >= 0.6 is 15.9 Å². The van der Waals surface area contributed by atoms with E-state index in [2.05, 4.69) is 27.9 Å². The monoisotopic (exact) mass is 373 g/mol. The Kier molecular flexibility index (Phi) is 5.13. The molecule has 23 heavy (non-hydrogen) atoms. The number of nitrogens with zero attached hydrogens (tertiary/aromatic N) is 1. The lowest BCUT2D eigenvalue weighted by molar-refractivity contribution is 0.103. The molecule has 0 spiro atoms. The summed E-state index contributed by atoms with van der Waals surface area (Å²) >= 11 is 3.38. The largest absolute Gasteiger partial charge is 0.492 e. The summed E-state index contributed by atoms with van der Waals surface area (Å²) in [6, 6.07) is 15.3. The van der Waals surface area contributed by atoms with Crippen LogP contribution in [0.5, 0.6) is 5.75 Å². The first kappa shape index (κ1) is 16.2. The van der Waals surface area contributed by atoms with Crippen molar-refractivity contribution in [1.29, 1.82) is 0 Å². The van der Waals surface area contributed by atoms with Crippen molar-refractivity contribution in [2.45, 2.75) is 18.9 Å². The van der Waals surface area contributed by atoms with Crippen LogP contribution in [0.4, 0.5) is 0 Å². The van der Waals surface area contributed by atoms with Gasteiger partial charge in [0.1, 0.15) is 12.4 Å². The molecule has 1 atom stereocenters. The predicted molar refractivity (Wildman–Crippen MR) is 95.2 cm³/mol. The topological polar surface area (TPSA) is 29.5 Å². The Bertz CT molecular complexity index is 667. The summed E-state index contributed by atoms with van der Waals surface area (Å²) in [5, 5.41) is 0. The maximum absolute atomic E-state index is 12.4. The van der Waals surface area contributed by atoms with Crippen molar-refractivity contribution in [3.05, 3.63) is 64.1 Å². The Balaban J connectivity index is 1.62. The molecule has 3 nitrogen and oxygen atoms in total. The van der Waals surface area contributed by atoms with Crippen LogP contribution in [0.25, 0.3) is 0 Å². The maximum atomic E-state index is 12.4. The van der Waals surface area contributed by atoms with Gasteiger partial charge in [-0.05, 0) is 75.0 Å². The summed E-state index contributed by atoms with van der Waals surface area (Å²) in [6.07, 6.45) is 2.43. The third-order valence-corrected chi connectivity index (χ3v) is 4.87. The number of likely N-dealkylation sites (tertiary alicyclic amines) is 1. The van der Waals surface area contributed by atoms with Gasteiger partial charge in [-0.3, -0.25) is 4.79 Å². The van der Waals surface area contributed by atoms with Gasteiger partial charge in [0.2, 0.25) is 0 Å². The fraction of sp³-hybridized carbons (Fsp3) is 0.316. The van der Waals surface area contributed by atoms with Crippen LogP contribution in [-0.4, -0.2) is 36.9 Å². The summed E-state index contributed by atoms with van der Waals surface area (Å²) in [6.45, 7) is 1.85. The maximum Gasteiger partial charge on any atom is 0.193 e. The molecular weight excluding hydrogens is 354 g/mol. The number of carbonyl (C=O) groups excluding carboxylic acids is 1. The lowest BCUT2D eigenvalue weighted by atomic mass is 10.0. The van der Waals surface area contributed by atoms with E-state index in [9.17, 15) is 4.79 Å². The van der Waals surface area contributed by atoms with E-state index in [1.54, 1.807) is 0 Å². The molecule has 1 heterocycles. The minimum absolute atomic E-state index is 0.0274. The number of hydrogen-bond donors (Lipinski definition) is 0. The highest BCUT2D eigenvalue weighted by atomic mass is 79.9. The van der Waals surface area contributed by atoms with Gasteiger partial charge in [0.05, 0.1) is 0 Å². The van der Waals surface area contributed by atoms with E-state index in [1.165, 1.54) is 12.8 Å². The molecule has 120 valence electrons. The van der Waals surface area contributed by atoms with Gasteiger partial charge in [0.25, 0.3) is 0 Å². The van der Waals surface area contributed by atoms with E-state index >= 15 is 0 Å². The summed E-state index contributed by atoms with van der Waals surface area (Å²) in [7, 11) is 2.14. The average Bonchev–Trinajstić information content (AvgIpc) is 2.99. The van der Waals surface area contributed by atoms with Gasteiger partial charge in [0.15, 0.2) is 5.78 Å². The zero-order valence-electron chi connectivity index (χ0n) is 13.2. The number of likely N-dealkylation sites (N-methyl/N-ethyl adjacent to an activating group) is 1. The van der Waals surface area contributed by atoms with Gasteiger partial charge >= 0.3 is 0 Å². The summed E-state index contributed by atoms with van der Waals surface area (Å²) in [5.74, 6) is 0.845. The van der Waals surface area contributed by atoms with Crippen molar-refractivity contribution in [3.8, 4) is 5.75 Å². The highest BCUT2D eigenvalue weighted by molar-refractivity contribution is 9.10. The standard InChI is InChI=1S/C19H20BrNO2/c1-21-12-2-3-17(21)13-23-18-10-6-15(7-11-18)19(22)14-4-8-16(20)9-5-14/h4-11,17H,2-3,12-13H2,1H3. The van der Waals surface area contributed by atoms with E-state index in [0.29, 0.717) is 23.8 Å². The van der Waals surface area contributed by atoms with Gasteiger partial charge in [0, 0.05) is 21.6 Å². The zero-order chi connectivity index (χ0) is 16.2. The second kappa shape index (κ2) is 7.28. The van der Waals surface area contributed by atoms with Gasteiger partial charge < -0.3 is 9.64 Å². The smallest absolute Gasteiger partial charge is 0.193 e. The van der Waals surface area contributed by atoms with Gasteiger partial charge in [-0.25, -0.2) is 0 Å². The molecule has 0 bridgehead atoms. The molecule has 0 aromatic heterocycles. The third kappa shape index (κ3) is 4.01. The third-order valence-electron chi connectivity index (χ3n) is 4.34. The molecule has 2 aromatic carbocycles. The van der Waals surface area contributed by atoms with E-state index < -0.39 is 0 Å². The number of rotatable bonds is 5. The van der Waals surface area contributed by atoms with Crippen LogP contribution in [0.1, 0.15) is 28.8 Å². The van der Waals surface area contributed by atoms with E-state index in [4.69, 9.17) is 4.74 Å². The Morgan fingerprint density at radius 1 is 1.13 bits per heavy atom.